The van der Waals surface area contributed by atoms with Crippen molar-refractivity contribution >= 4 is 28.2 Å². The van der Waals surface area contributed by atoms with Gasteiger partial charge in [0.25, 0.3) is 0 Å². The Labute approximate surface area is 197 Å². The van der Waals surface area contributed by atoms with Crippen molar-refractivity contribution in [2.75, 3.05) is 6.61 Å². The molecule has 3 aromatic rings. The Morgan fingerprint density at radius 3 is 2.18 bits per heavy atom. The monoisotopic (exact) mass is 441 g/mol. The quantitative estimate of drug-likeness (QED) is 0.374. The molecule has 4 nitrogen and oxygen atoms in total. The van der Waals surface area contributed by atoms with Crippen LogP contribution in [-0.2, 0) is 4.74 Å². The molecule has 2 heterocycles. The number of ether oxygens (including phenoxy) is 1. The van der Waals surface area contributed by atoms with Crippen LogP contribution in [0.1, 0.15) is 82.7 Å². The highest BCUT2D eigenvalue weighted by atomic mass is 16.5. The van der Waals surface area contributed by atoms with Gasteiger partial charge in [-0.1, -0.05) is 84.0 Å². The lowest BCUT2D eigenvalue weighted by Crippen LogP contribution is -2.13. The summed E-state index contributed by atoms with van der Waals surface area (Å²) in [5.74, 6) is 1.90. The largest absolute Gasteiger partial charge is 0.474 e. The summed E-state index contributed by atoms with van der Waals surface area (Å²) in [4.78, 5) is 15.0. The fourth-order valence-corrected chi connectivity index (χ4v) is 4.30. The lowest BCUT2D eigenvalue weighted by Gasteiger charge is -2.17. The molecule has 2 aromatic carbocycles. The van der Waals surface area contributed by atoms with E-state index in [2.05, 4.69) is 90.9 Å². The normalized spacial score (nSPS) is 16.7. The van der Waals surface area contributed by atoms with Crippen LogP contribution in [0.5, 0.6) is 0 Å². The van der Waals surface area contributed by atoms with Crippen molar-refractivity contribution in [1.82, 2.24) is 4.98 Å². The summed E-state index contributed by atoms with van der Waals surface area (Å²) >= 11 is 0. The molecule has 1 aliphatic rings. The number of nitrogens with zero attached hydrogens (tertiary/aromatic N) is 3. The fraction of sp³-hybridized carbons (Fsp3) is 0.414. The molecular weight excluding hydrogens is 406 g/mol. The van der Waals surface area contributed by atoms with Crippen LogP contribution in [0.2, 0.25) is 0 Å². The number of rotatable bonds is 6. The summed E-state index contributed by atoms with van der Waals surface area (Å²) in [6.07, 6.45) is 0. The van der Waals surface area contributed by atoms with Crippen LogP contribution in [-0.4, -0.2) is 29.2 Å². The minimum Gasteiger partial charge on any atom is -0.474 e. The fourth-order valence-electron chi connectivity index (χ4n) is 4.30. The predicted molar refractivity (Wildman–Crippen MR) is 139 cm³/mol. The van der Waals surface area contributed by atoms with Crippen molar-refractivity contribution in [3.05, 3.63) is 70.9 Å². The molecule has 0 saturated heterocycles. The maximum Gasteiger partial charge on any atom is 0.235 e. The number of hydrogen-bond acceptors (Lipinski definition) is 4. The maximum atomic E-state index is 5.90. The number of aliphatic imine (C=N–C) groups is 2. The Bertz CT molecular complexity index is 1190. The van der Waals surface area contributed by atoms with E-state index >= 15 is 0 Å². The average molecular weight is 442 g/mol. The van der Waals surface area contributed by atoms with Gasteiger partial charge in [-0.15, -0.1) is 0 Å². The zero-order valence-corrected chi connectivity index (χ0v) is 20.9. The van der Waals surface area contributed by atoms with Gasteiger partial charge in [0.05, 0.1) is 17.2 Å². The molecule has 0 saturated carbocycles. The summed E-state index contributed by atoms with van der Waals surface area (Å²) in [6.45, 7) is 16.0. The van der Waals surface area contributed by atoms with E-state index in [-0.39, 0.29) is 6.04 Å². The summed E-state index contributed by atoms with van der Waals surface area (Å²) in [6, 6.07) is 17.1. The first-order valence-corrected chi connectivity index (χ1v) is 12.1. The van der Waals surface area contributed by atoms with Crippen molar-refractivity contribution in [1.29, 1.82) is 0 Å². The van der Waals surface area contributed by atoms with Gasteiger partial charge in [0, 0.05) is 16.7 Å². The lowest BCUT2D eigenvalue weighted by atomic mass is 9.92. The minimum atomic E-state index is 0.193. The van der Waals surface area contributed by atoms with Crippen molar-refractivity contribution < 1.29 is 4.74 Å². The summed E-state index contributed by atoms with van der Waals surface area (Å²) in [7, 11) is 0. The number of aromatic nitrogens is 1. The van der Waals surface area contributed by atoms with Crippen molar-refractivity contribution in [2.24, 2.45) is 15.9 Å². The highest BCUT2D eigenvalue weighted by molar-refractivity contribution is 6.10. The molecule has 0 N–H and O–H groups in total. The number of fused-ring (bicyclic) bond motifs is 1. The van der Waals surface area contributed by atoms with Crippen LogP contribution < -0.4 is 0 Å². The van der Waals surface area contributed by atoms with Crippen LogP contribution in [0.25, 0.3) is 10.9 Å². The molecule has 1 unspecified atom stereocenters. The van der Waals surface area contributed by atoms with Crippen molar-refractivity contribution in [2.45, 2.75) is 66.3 Å². The Hall–Kier alpha value is -3.01. The zero-order valence-electron chi connectivity index (χ0n) is 20.9. The number of pyridine rings is 1. The highest BCUT2D eigenvalue weighted by Gasteiger charge is 2.24. The molecule has 4 rings (SSSR count). The molecule has 1 atom stereocenters. The smallest absolute Gasteiger partial charge is 0.235 e. The van der Waals surface area contributed by atoms with Crippen molar-refractivity contribution in [3.63, 3.8) is 0 Å². The topological polar surface area (TPSA) is 46.8 Å². The second kappa shape index (κ2) is 9.46. The zero-order chi connectivity index (χ0) is 23.7. The average Bonchev–Trinajstić information content (AvgIpc) is 3.29. The first-order valence-electron chi connectivity index (χ1n) is 12.1. The molecule has 0 radical (unpaired) electrons. The second-order valence-corrected chi connectivity index (χ2v) is 9.92. The van der Waals surface area contributed by atoms with E-state index in [4.69, 9.17) is 19.7 Å². The molecule has 0 fully saturated rings. The SMILES string of the molecule is CC(=Nc1c(C(C)C)cccc1C(C)C)c1cccc2ccc(C3=NC(C(C)C)CO3)nc12. The predicted octanol–water partition coefficient (Wildman–Crippen LogP) is 7.42. The third-order valence-electron chi connectivity index (χ3n) is 6.39. The first kappa shape index (κ1) is 23.2. The van der Waals surface area contributed by atoms with Gasteiger partial charge in [0.15, 0.2) is 0 Å². The Balaban J connectivity index is 1.83. The Morgan fingerprint density at radius 1 is 0.909 bits per heavy atom. The summed E-state index contributed by atoms with van der Waals surface area (Å²) in [5.41, 5.74) is 7.39. The third-order valence-corrected chi connectivity index (χ3v) is 6.39. The molecule has 172 valence electrons. The number of hydrogen-bond donors (Lipinski definition) is 0. The minimum absolute atomic E-state index is 0.193. The van der Waals surface area contributed by atoms with Gasteiger partial charge in [-0.05, 0) is 41.9 Å². The van der Waals surface area contributed by atoms with Gasteiger partial charge in [0.2, 0.25) is 5.90 Å². The van der Waals surface area contributed by atoms with E-state index in [1.807, 2.05) is 6.07 Å². The number of benzene rings is 2. The van der Waals surface area contributed by atoms with Gasteiger partial charge in [-0.25, -0.2) is 9.98 Å². The van der Waals surface area contributed by atoms with E-state index in [1.54, 1.807) is 0 Å². The molecule has 0 bridgehead atoms. The Morgan fingerprint density at radius 2 is 1.58 bits per heavy atom. The molecule has 0 aliphatic carbocycles. The standard InChI is InChI=1S/C29H35N3O/c1-17(2)22-11-9-12-23(18(3)4)28(22)30-20(7)24-13-8-10-21-14-15-25(31-27(21)24)29-32-26(16-33-29)19(5)6/h8-15,17-19,26H,16H2,1-7H3. The highest BCUT2D eigenvalue weighted by Crippen LogP contribution is 2.35. The number of para-hydroxylation sites is 2. The summed E-state index contributed by atoms with van der Waals surface area (Å²) < 4.78 is 5.90. The van der Waals surface area contributed by atoms with Crippen LogP contribution in [0.15, 0.2) is 58.5 Å². The maximum absolute atomic E-state index is 5.90. The van der Waals surface area contributed by atoms with Gasteiger partial charge in [0.1, 0.15) is 12.3 Å². The molecule has 1 aliphatic heterocycles. The van der Waals surface area contributed by atoms with E-state index in [9.17, 15) is 0 Å². The van der Waals surface area contributed by atoms with E-state index in [1.165, 1.54) is 11.1 Å². The Kier molecular flexibility index (Phi) is 6.64. The van der Waals surface area contributed by atoms with E-state index < -0.39 is 0 Å². The van der Waals surface area contributed by atoms with Gasteiger partial charge < -0.3 is 4.74 Å². The molecular formula is C29H35N3O. The van der Waals surface area contributed by atoms with E-state index in [0.717, 1.165) is 33.6 Å². The van der Waals surface area contributed by atoms with Crippen molar-refractivity contribution in [3.8, 4) is 0 Å². The van der Waals surface area contributed by atoms with E-state index in [0.29, 0.717) is 30.3 Å². The molecule has 33 heavy (non-hydrogen) atoms. The van der Waals surface area contributed by atoms with Gasteiger partial charge >= 0.3 is 0 Å². The van der Waals surface area contributed by atoms with Gasteiger partial charge in [-0.2, -0.15) is 0 Å². The second-order valence-electron chi connectivity index (χ2n) is 9.92. The van der Waals surface area contributed by atoms with Gasteiger partial charge in [-0.3, -0.25) is 4.99 Å². The van der Waals surface area contributed by atoms with Crippen LogP contribution in [0.4, 0.5) is 5.69 Å². The molecule has 4 heteroatoms. The van der Waals surface area contributed by atoms with Crippen LogP contribution in [0.3, 0.4) is 0 Å². The molecule has 1 aromatic heterocycles. The lowest BCUT2D eigenvalue weighted by molar-refractivity contribution is 0.291. The van der Waals surface area contributed by atoms with Crippen LogP contribution in [0, 0.1) is 5.92 Å². The third kappa shape index (κ3) is 4.71. The van der Waals surface area contributed by atoms with Crippen LogP contribution >= 0.6 is 0 Å². The molecule has 0 amide bonds. The first-order chi connectivity index (χ1) is 15.8. The summed E-state index contributed by atoms with van der Waals surface area (Å²) in [5, 5.41) is 1.09. The molecule has 0 spiro atoms.